The fraction of sp³-hybridized carbons (Fsp3) is 0.583. The average Bonchev–Trinajstić information content (AvgIpc) is 2.34. The van der Waals surface area contributed by atoms with Gasteiger partial charge in [-0.15, -0.1) is 0 Å². The fourth-order valence-corrected chi connectivity index (χ4v) is 1.28. The maximum Gasteiger partial charge on any atom is 0.0503 e. The summed E-state index contributed by atoms with van der Waals surface area (Å²) in [6.07, 6.45) is 4.67. The zero-order chi connectivity index (χ0) is 12.6. The first-order chi connectivity index (χ1) is 7.85. The van der Waals surface area contributed by atoms with Crippen LogP contribution in [0.4, 0.5) is 0 Å². The first-order valence-electron chi connectivity index (χ1n) is 5.29. The van der Waals surface area contributed by atoms with Crippen molar-refractivity contribution in [1.82, 2.24) is 4.98 Å². The number of pyridine rings is 1. The van der Waals surface area contributed by atoms with E-state index in [1.807, 2.05) is 38.4 Å². The Hall–Kier alpha value is -0.580. The van der Waals surface area contributed by atoms with Crippen LogP contribution in [0.1, 0.15) is 19.4 Å². The van der Waals surface area contributed by atoms with Gasteiger partial charge in [0.05, 0.1) is 7.11 Å². The van der Waals surface area contributed by atoms with Crippen molar-refractivity contribution >= 4 is 12.0 Å². The zero-order valence-electron chi connectivity index (χ0n) is 10.9. The summed E-state index contributed by atoms with van der Waals surface area (Å²) in [5, 5.41) is 0. The van der Waals surface area contributed by atoms with E-state index < -0.39 is 0 Å². The summed E-state index contributed by atoms with van der Waals surface area (Å²) in [6.45, 7) is 4.00. The van der Waals surface area contributed by atoms with Crippen molar-refractivity contribution in [2.24, 2.45) is 0 Å². The predicted molar refractivity (Wildman–Crippen MR) is 71.7 cm³/mol. The smallest absolute Gasteiger partial charge is 0.0503 e. The van der Waals surface area contributed by atoms with Gasteiger partial charge < -0.3 is 8.92 Å². The van der Waals surface area contributed by atoms with E-state index in [4.69, 9.17) is 4.18 Å². The highest BCUT2D eigenvalue weighted by atomic mass is 32.2. The highest BCUT2D eigenvalue weighted by molar-refractivity contribution is 7.94. The van der Waals surface area contributed by atoms with Gasteiger partial charge >= 0.3 is 0 Å². The monoisotopic (exact) mass is 245 g/mol. The van der Waals surface area contributed by atoms with Crippen LogP contribution in [-0.4, -0.2) is 32.1 Å². The van der Waals surface area contributed by atoms with E-state index in [1.54, 1.807) is 21.3 Å². The maximum atomic E-state index is 4.86. The van der Waals surface area contributed by atoms with Crippen LogP contribution in [0.3, 0.4) is 0 Å². The van der Waals surface area contributed by atoms with Crippen LogP contribution in [-0.2, 0) is 15.3 Å². The van der Waals surface area contributed by atoms with Gasteiger partial charge in [0.15, 0.2) is 0 Å². The summed E-state index contributed by atoms with van der Waals surface area (Å²) in [7, 11) is 4.94. The second-order valence-electron chi connectivity index (χ2n) is 2.50. The van der Waals surface area contributed by atoms with Gasteiger partial charge in [0.25, 0.3) is 0 Å². The summed E-state index contributed by atoms with van der Waals surface area (Å²) in [4.78, 5) is 3.94. The molecule has 0 spiro atoms. The Morgan fingerprint density at radius 2 is 1.62 bits per heavy atom. The summed E-state index contributed by atoms with van der Waals surface area (Å²) >= 11 is 1.48. The minimum absolute atomic E-state index is 1.00. The van der Waals surface area contributed by atoms with Crippen LogP contribution in [0.25, 0.3) is 0 Å². The van der Waals surface area contributed by atoms with Gasteiger partial charge in [-0.05, 0) is 36.2 Å². The number of methoxy groups -OCH3 is 1. The normalized spacial score (nSPS) is 8.31. The van der Waals surface area contributed by atoms with Crippen molar-refractivity contribution < 1.29 is 8.92 Å². The molecule has 1 rings (SSSR count). The van der Waals surface area contributed by atoms with E-state index in [1.165, 1.54) is 17.6 Å². The molecule has 0 aromatic carbocycles. The van der Waals surface area contributed by atoms with Crippen molar-refractivity contribution in [1.29, 1.82) is 0 Å². The van der Waals surface area contributed by atoms with E-state index in [9.17, 15) is 0 Å². The van der Waals surface area contributed by atoms with Gasteiger partial charge in [-0.3, -0.25) is 4.98 Å². The van der Waals surface area contributed by atoms with Crippen molar-refractivity contribution in [3.05, 3.63) is 30.1 Å². The number of rotatable bonds is 4. The molecule has 16 heavy (non-hydrogen) atoms. The van der Waals surface area contributed by atoms with Crippen LogP contribution < -0.4 is 0 Å². The topological polar surface area (TPSA) is 31.4 Å². The van der Waals surface area contributed by atoms with Gasteiger partial charge in [-0.25, -0.2) is 0 Å². The SMILES string of the molecule is CC.COC.COSCCc1ccncc1. The summed E-state index contributed by atoms with van der Waals surface area (Å²) in [6, 6.07) is 4.05. The Bertz CT molecular complexity index is 207. The molecule has 0 bridgehead atoms. The molecule has 0 saturated heterocycles. The van der Waals surface area contributed by atoms with Gasteiger partial charge in [0.1, 0.15) is 0 Å². The minimum Gasteiger partial charge on any atom is -0.388 e. The molecule has 1 heterocycles. The lowest BCUT2D eigenvalue weighted by Gasteiger charge is -1.97. The van der Waals surface area contributed by atoms with Crippen LogP contribution in [0, 0.1) is 0 Å². The van der Waals surface area contributed by atoms with E-state index in [2.05, 4.69) is 9.72 Å². The third-order valence-corrected chi connectivity index (χ3v) is 1.95. The number of hydrogen-bond donors (Lipinski definition) is 0. The van der Waals surface area contributed by atoms with Crippen LogP contribution in [0.2, 0.25) is 0 Å². The third-order valence-electron chi connectivity index (χ3n) is 1.34. The Morgan fingerprint density at radius 3 is 2.06 bits per heavy atom. The quantitative estimate of drug-likeness (QED) is 0.602. The Labute approximate surface area is 104 Å². The summed E-state index contributed by atoms with van der Waals surface area (Å²) in [5.41, 5.74) is 1.31. The molecule has 0 unspecified atom stereocenters. The van der Waals surface area contributed by atoms with E-state index >= 15 is 0 Å². The Kier molecular flexibility index (Phi) is 18.7. The number of nitrogens with zero attached hydrogens (tertiary/aromatic N) is 1. The number of aryl methyl sites for hydroxylation is 1. The fourth-order valence-electron chi connectivity index (χ4n) is 0.792. The van der Waals surface area contributed by atoms with Crippen LogP contribution in [0.5, 0.6) is 0 Å². The predicted octanol–water partition coefficient (Wildman–Crippen LogP) is 3.21. The molecule has 0 aliphatic rings. The second-order valence-corrected chi connectivity index (χ2v) is 3.48. The minimum atomic E-state index is 1.00. The molecule has 1 aromatic rings. The molecule has 0 fully saturated rings. The first kappa shape index (κ1) is 17.8. The molecule has 3 nitrogen and oxygen atoms in total. The molecule has 0 N–H and O–H groups in total. The molecule has 1 aromatic heterocycles. The highest BCUT2D eigenvalue weighted by Gasteiger charge is 1.90. The summed E-state index contributed by atoms with van der Waals surface area (Å²) in [5.74, 6) is 1.00. The van der Waals surface area contributed by atoms with Gasteiger partial charge in [0.2, 0.25) is 0 Å². The second kappa shape index (κ2) is 16.8. The molecule has 0 radical (unpaired) electrons. The van der Waals surface area contributed by atoms with Gasteiger partial charge in [0, 0.05) is 32.4 Å². The van der Waals surface area contributed by atoms with Crippen molar-refractivity contribution in [2.75, 3.05) is 27.1 Å². The Morgan fingerprint density at radius 1 is 1.12 bits per heavy atom. The van der Waals surface area contributed by atoms with Crippen LogP contribution in [0.15, 0.2) is 24.5 Å². The van der Waals surface area contributed by atoms with E-state index in [0.717, 1.165) is 12.2 Å². The largest absolute Gasteiger partial charge is 0.388 e. The zero-order valence-corrected chi connectivity index (χ0v) is 11.7. The first-order valence-corrected chi connectivity index (χ1v) is 6.20. The number of aromatic nitrogens is 1. The summed E-state index contributed by atoms with van der Waals surface area (Å²) < 4.78 is 9.11. The molecular weight excluding hydrogens is 222 g/mol. The third kappa shape index (κ3) is 13.4. The van der Waals surface area contributed by atoms with Crippen molar-refractivity contribution in [3.8, 4) is 0 Å². The van der Waals surface area contributed by atoms with Gasteiger partial charge in [-0.1, -0.05) is 13.8 Å². The van der Waals surface area contributed by atoms with Gasteiger partial charge in [-0.2, -0.15) is 0 Å². The standard InChI is InChI=1S/C8H11NOS.C2H6O.C2H6/c1-10-11-7-4-8-2-5-9-6-3-8;1-3-2;1-2/h2-3,5-6H,4,7H2,1H3;1-2H3;1-2H3. The lowest BCUT2D eigenvalue weighted by atomic mass is 10.2. The van der Waals surface area contributed by atoms with Crippen molar-refractivity contribution in [3.63, 3.8) is 0 Å². The number of hydrogen-bond acceptors (Lipinski definition) is 4. The molecule has 0 atom stereocenters. The van der Waals surface area contributed by atoms with Crippen molar-refractivity contribution in [2.45, 2.75) is 20.3 Å². The molecule has 0 saturated carbocycles. The van der Waals surface area contributed by atoms with E-state index in [-0.39, 0.29) is 0 Å². The Balaban J connectivity index is 0. The van der Waals surface area contributed by atoms with E-state index in [0.29, 0.717) is 0 Å². The average molecular weight is 245 g/mol. The molecule has 94 valence electrons. The lowest BCUT2D eigenvalue weighted by Crippen LogP contribution is -1.88. The molecule has 4 heteroatoms. The van der Waals surface area contributed by atoms with Crippen LogP contribution >= 0.6 is 12.0 Å². The molecule has 0 aliphatic carbocycles. The maximum absolute atomic E-state index is 4.86. The highest BCUT2D eigenvalue weighted by Crippen LogP contribution is 2.05. The number of ether oxygens (including phenoxy) is 1. The lowest BCUT2D eigenvalue weighted by molar-refractivity contribution is 0.277. The molecule has 0 aliphatic heterocycles. The molecular formula is C12H23NO2S. The molecule has 0 amide bonds.